The first-order valence-electron chi connectivity index (χ1n) is 3.96. The molecule has 0 spiro atoms. The predicted molar refractivity (Wildman–Crippen MR) is 46.0 cm³/mol. The van der Waals surface area contributed by atoms with Crippen molar-refractivity contribution in [3.8, 4) is 5.75 Å². The van der Waals surface area contributed by atoms with Crippen LogP contribution in [0.4, 0.5) is 5.69 Å². The van der Waals surface area contributed by atoms with E-state index in [1.807, 2.05) is 6.07 Å². The van der Waals surface area contributed by atoms with Crippen LogP contribution in [0.3, 0.4) is 0 Å². The molecule has 0 saturated carbocycles. The summed E-state index contributed by atoms with van der Waals surface area (Å²) in [6.45, 7) is 0.725. The van der Waals surface area contributed by atoms with Gasteiger partial charge >= 0.3 is 0 Å². The maximum atomic E-state index is 8.93. The number of hydrogen-bond acceptors (Lipinski definition) is 3. The lowest BCUT2D eigenvalue weighted by atomic mass is 10.1. The Labute approximate surface area is 70.8 Å². The van der Waals surface area contributed by atoms with Crippen LogP contribution in [-0.4, -0.2) is 11.7 Å². The average Bonchev–Trinajstić information content (AvgIpc) is 2.49. The van der Waals surface area contributed by atoms with Gasteiger partial charge in [0.25, 0.3) is 0 Å². The molecular formula is C9H11NO2. The van der Waals surface area contributed by atoms with E-state index >= 15 is 0 Å². The van der Waals surface area contributed by atoms with Gasteiger partial charge < -0.3 is 15.6 Å². The zero-order valence-corrected chi connectivity index (χ0v) is 6.71. The number of ether oxygens (including phenoxy) is 1. The second-order valence-corrected chi connectivity index (χ2v) is 2.92. The van der Waals surface area contributed by atoms with Gasteiger partial charge in [0.15, 0.2) is 0 Å². The van der Waals surface area contributed by atoms with Crippen LogP contribution >= 0.6 is 0 Å². The number of rotatable bonds is 1. The number of aliphatic hydroxyl groups is 1. The van der Waals surface area contributed by atoms with Gasteiger partial charge in [0.05, 0.1) is 13.2 Å². The van der Waals surface area contributed by atoms with E-state index in [2.05, 4.69) is 0 Å². The molecule has 0 atom stereocenters. The molecule has 0 bridgehead atoms. The van der Waals surface area contributed by atoms with Crippen LogP contribution in [0.1, 0.15) is 11.1 Å². The zero-order chi connectivity index (χ0) is 8.55. The molecule has 12 heavy (non-hydrogen) atoms. The number of hydrogen-bond donors (Lipinski definition) is 2. The lowest BCUT2D eigenvalue weighted by Gasteiger charge is -2.05. The molecular weight excluding hydrogens is 154 g/mol. The molecule has 1 aliphatic rings. The first-order valence-corrected chi connectivity index (χ1v) is 3.96. The summed E-state index contributed by atoms with van der Waals surface area (Å²) in [7, 11) is 0. The lowest BCUT2D eigenvalue weighted by molar-refractivity contribution is 0.282. The molecule has 1 heterocycles. The summed E-state index contributed by atoms with van der Waals surface area (Å²) in [5.74, 6) is 0.865. The summed E-state index contributed by atoms with van der Waals surface area (Å²) in [5, 5.41) is 8.93. The summed E-state index contributed by atoms with van der Waals surface area (Å²) in [6, 6.07) is 3.70. The fraction of sp³-hybridized carbons (Fsp3) is 0.333. The highest BCUT2D eigenvalue weighted by Crippen LogP contribution is 2.29. The van der Waals surface area contributed by atoms with Crippen molar-refractivity contribution in [1.29, 1.82) is 0 Å². The third-order valence-electron chi connectivity index (χ3n) is 2.12. The van der Waals surface area contributed by atoms with Gasteiger partial charge in [0.1, 0.15) is 5.75 Å². The molecule has 3 nitrogen and oxygen atoms in total. The van der Waals surface area contributed by atoms with Gasteiger partial charge in [-0.2, -0.15) is 0 Å². The fourth-order valence-corrected chi connectivity index (χ4v) is 1.43. The smallest absolute Gasteiger partial charge is 0.124 e. The summed E-state index contributed by atoms with van der Waals surface area (Å²) < 4.78 is 5.32. The molecule has 3 heteroatoms. The van der Waals surface area contributed by atoms with Crippen molar-refractivity contribution in [2.45, 2.75) is 13.0 Å². The van der Waals surface area contributed by atoms with Crippen molar-refractivity contribution < 1.29 is 9.84 Å². The van der Waals surface area contributed by atoms with Gasteiger partial charge in [-0.25, -0.2) is 0 Å². The Morgan fingerprint density at radius 2 is 2.33 bits per heavy atom. The van der Waals surface area contributed by atoms with Crippen LogP contribution in [0.5, 0.6) is 5.75 Å². The van der Waals surface area contributed by atoms with Crippen LogP contribution in [0.15, 0.2) is 12.1 Å². The average molecular weight is 165 g/mol. The Morgan fingerprint density at radius 3 is 3.08 bits per heavy atom. The number of nitrogen functional groups attached to an aromatic ring is 1. The standard InChI is InChI=1S/C9H11NO2/c10-8-4-9-6(1-2-12-9)3-7(8)5-11/h3-4,11H,1-2,5,10H2. The minimum atomic E-state index is -0.000880. The van der Waals surface area contributed by atoms with E-state index in [9.17, 15) is 0 Å². The highest BCUT2D eigenvalue weighted by Gasteiger charge is 2.13. The molecule has 0 fully saturated rings. The topological polar surface area (TPSA) is 55.5 Å². The molecule has 64 valence electrons. The van der Waals surface area contributed by atoms with Gasteiger partial charge in [0, 0.05) is 23.7 Å². The Morgan fingerprint density at radius 1 is 1.50 bits per heavy atom. The third kappa shape index (κ3) is 1.02. The van der Waals surface area contributed by atoms with E-state index in [4.69, 9.17) is 15.6 Å². The van der Waals surface area contributed by atoms with Gasteiger partial charge in [-0.3, -0.25) is 0 Å². The van der Waals surface area contributed by atoms with E-state index in [1.54, 1.807) is 6.07 Å². The number of benzene rings is 1. The molecule has 0 saturated heterocycles. The first kappa shape index (κ1) is 7.43. The van der Waals surface area contributed by atoms with Crippen molar-refractivity contribution in [2.24, 2.45) is 0 Å². The SMILES string of the molecule is Nc1cc2c(cc1CO)CCO2. The molecule has 1 aromatic rings. The number of nitrogens with two attached hydrogens (primary N) is 1. The van der Waals surface area contributed by atoms with Crippen molar-refractivity contribution >= 4 is 5.69 Å². The van der Waals surface area contributed by atoms with Crippen molar-refractivity contribution in [3.05, 3.63) is 23.3 Å². The number of aliphatic hydroxyl groups excluding tert-OH is 1. The second-order valence-electron chi connectivity index (χ2n) is 2.92. The zero-order valence-electron chi connectivity index (χ0n) is 6.71. The lowest BCUT2D eigenvalue weighted by Crippen LogP contribution is -1.95. The summed E-state index contributed by atoms with van der Waals surface area (Å²) in [4.78, 5) is 0. The molecule has 3 N–H and O–H groups in total. The predicted octanol–water partition coefficient (Wildman–Crippen LogP) is 0.696. The Hall–Kier alpha value is -1.22. The molecule has 0 aromatic heterocycles. The van der Waals surface area contributed by atoms with E-state index < -0.39 is 0 Å². The highest BCUT2D eigenvalue weighted by atomic mass is 16.5. The summed E-state index contributed by atoms with van der Waals surface area (Å²) in [5.41, 5.74) is 8.21. The minimum Gasteiger partial charge on any atom is -0.493 e. The molecule has 1 aliphatic heterocycles. The van der Waals surface area contributed by atoms with E-state index in [-0.39, 0.29) is 6.61 Å². The van der Waals surface area contributed by atoms with Crippen LogP contribution in [0, 0.1) is 0 Å². The number of fused-ring (bicyclic) bond motifs is 1. The summed E-state index contributed by atoms with van der Waals surface area (Å²) in [6.07, 6.45) is 0.919. The molecule has 1 aromatic carbocycles. The molecule has 2 rings (SSSR count). The Balaban J connectivity index is 2.49. The number of anilines is 1. The summed E-state index contributed by atoms with van der Waals surface area (Å²) >= 11 is 0. The van der Waals surface area contributed by atoms with E-state index in [0.717, 1.165) is 29.9 Å². The quantitative estimate of drug-likeness (QED) is 0.602. The monoisotopic (exact) mass is 165 g/mol. The van der Waals surface area contributed by atoms with Gasteiger partial charge in [-0.05, 0) is 11.6 Å². The van der Waals surface area contributed by atoms with Gasteiger partial charge in [-0.1, -0.05) is 0 Å². The highest BCUT2D eigenvalue weighted by molar-refractivity contribution is 5.55. The van der Waals surface area contributed by atoms with Crippen LogP contribution < -0.4 is 10.5 Å². The van der Waals surface area contributed by atoms with Crippen LogP contribution in [-0.2, 0) is 13.0 Å². The van der Waals surface area contributed by atoms with Crippen molar-refractivity contribution in [3.63, 3.8) is 0 Å². The van der Waals surface area contributed by atoms with Crippen molar-refractivity contribution in [2.75, 3.05) is 12.3 Å². The third-order valence-corrected chi connectivity index (χ3v) is 2.12. The molecule has 0 amide bonds. The van der Waals surface area contributed by atoms with E-state index in [1.165, 1.54) is 0 Å². The van der Waals surface area contributed by atoms with E-state index in [0.29, 0.717) is 5.69 Å². The largest absolute Gasteiger partial charge is 0.493 e. The maximum Gasteiger partial charge on any atom is 0.124 e. The normalized spacial score (nSPS) is 14.1. The molecule has 0 unspecified atom stereocenters. The maximum absolute atomic E-state index is 8.93. The Bertz CT molecular complexity index is 309. The fourth-order valence-electron chi connectivity index (χ4n) is 1.43. The Kier molecular flexibility index (Phi) is 1.66. The molecule has 0 radical (unpaired) electrons. The van der Waals surface area contributed by atoms with Gasteiger partial charge in [-0.15, -0.1) is 0 Å². The van der Waals surface area contributed by atoms with Crippen LogP contribution in [0.2, 0.25) is 0 Å². The van der Waals surface area contributed by atoms with Gasteiger partial charge in [0.2, 0.25) is 0 Å². The minimum absolute atomic E-state index is 0.000880. The van der Waals surface area contributed by atoms with Crippen molar-refractivity contribution in [1.82, 2.24) is 0 Å². The first-order chi connectivity index (χ1) is 5.81. The van der Waals surface area contributed by atoms with Crippen LogP contribution in [0.25, 0.3) is 0 Å². The second kappa shape index (κ2) is 2.68. The molecule has 0 aliphatic carbocycles.